The number of piperidine rings is 2. The number of anilines is 2. The quantitative estimate of drug-likeness (QED) is 0.686. The van der Waals surface area contributed by atoms with Crippen LogP contribution in [-0.4, -0.2) is 78.0 Å². The lowest BCUT2D eigenvalue weighted by Gasteiger charge is -2.36. The second-order valence-corrected chi connectivity index (χ2v) is 9.64. The number of nitrogens with one attached hydrogen (secondary N) is 1. The van der Waals surface area contributed by atoms with Crippen LogP contribution in [0.5, 0.6) is 0 Å². The Kier molecular flexibility index (Phi) is 8.00. The minimum atomic E-state index is 0.375. The summed E-state index contributed by atoms with van der Waals surface area (Å²) in [6.45, 7) is 10.6. The largest absolute Gasteiger partial charge is 0.370 e. The van der Waals surface area contributed by atoms with Crippen LogP contribution in [0.4, 0.5) is 11.6 Å². The van der Waals surface area contributed by atoms with E-state index < -0.39 is 0 Å². The fourth-order valence-corrected chi connectivity index (χ4v) is 5.56. The molecular weight excluding hydrogens is 388 g/mol. The van der Waals surface area contributed by atoms with E-state index >= 15 is 0 Å². The van der Waals surface area contributed by atoms with Gasteiger partial charge in [0.2, 0.25) is 5.91 Å². The Morgan fingerprint density at radius 3 is 2.68 bits per heavy atom. The van der Waals surface area contributed by atoms with Gasteiger partial charge in [0, 0.05) is 51.8 Å². The van der Waals surface area contributed by atoms with E-state index in [9.17, 15) is 4.79 Å². The van der Waals surface area contributed by atoms with Crippen LogP contribution >= 0.6 is 0 Å². The third-order valence-electron chi connectivity index (χ3n) is 7.21. The van der Waals surface area contributed by atoms with Crippen molar-refractivity contribution in [1.29, 1.82) is 0 Å². The molecule has 0 aromatic carbocycles. The summed E-state index contributed by atoms with van der Waals surface area (Å²) in [7, 11) is 0. The van der Waals surface area contributed by atoms with Gasteiger partial charge in [0.05, 0.1) is 0 Å². The average Bonchev–Trinajstić information content (AvgIpc) is 3.31. The average molecular weight is 429 g/mol. The first kappa shape index (κ1) is 22.3. The molecule has 0 radical (unpaired) electrons. The molecule has 1 aromatic rings. The summed E-state index contributed by atoms with van der Waals surface area (Å²) in [6.07, 6.45) is 10.9. The number of carbonyl (C=O) groups is 1. The lowest BCUT2D eigenvalue weighted by molar-refractivity contribution is -0.133. The molecule has 0 bridgehead atoms. The van der Waals surface area contributed by atoms with Gasteiger partial charge in [-0.25, -0.2) is 9.97 Å². The standard InChI is InChI=1S/C24H40N6O/c1-2-25-22-15-23(27-19-26-22)29-13-5-7-20(17-29)9-10-24(31)30-14-6-8-21(18-30)16-28-11-3-4-12-28/h15,19-21H,2-14,16-18H2,1H3,(H,25,26,27)/t20-,21-/m0/s1. The maximum absolute atomic E-state index is 13.0. The normalized spacial score (nSPS) is 25.1. The van der Waals surface area contributed by atoms with E-state index in [-0.39, 0.29) is 0 Å². The number of carbonyl (C=O) groups excluding carboxylic acids is 1. The van der Waals surface area contributed by atoms with E-state index in [1.165, 1.54) is 58.2 Å². The summed E-state index contributed by atoms with van der Waals surface area (Å²) >= 11 is 0. The lowest BCUT2D eigenvalue weighted by atomic mass is 9.92. The Balaban J connectivity index is 1.23. The van der Waals surface area contributed by atoms with Crippen LogP contribution in [-0.2, 0) is 4.79 Å². The van der Waals surface area contributed by atoms with Gasteiger partial charge < -0.3 is 20.0 Å². The molecule has 0 aliphatic carbocycles. The molecule has 0 spiro atoms. The number of aromatic nitrogens is 2. The van der Waals surface area contributed by atoms with Gasteiger partial charge in [0.1, 0.15) is 18.0 Å². The van der Waals surface area contributed by atoms with E-state index in [1.807, 2.05) is 6.07 Å². The van der Waals surface area contributed by atoms with Gasteiger partial charge in [-0.05, 0) is 76.8 Å². The summed E-state index contributed by atoms with van der Waals surface area (Å²) in [5.74, 6) is 3.51. The highest BCUT2D eigenvalue weighted by Crippen LogP contribution is 2.27. The monoisotopic (exact) mass is 428 g/mol. The van der Waals surface area contributed by atoms with Crippen molar-refractivity contribution in [3.05, 3.63) is 12.4 Å². The Labute approximate surface area is 187 Å². The van der Waals surface area contributed by atoms with Crippen molar-refractivity contribution in [3.8, 4) is 0 Å². The number of hydrogen-bond donors (Lipinski definition) is 1. The van der Waals surface area contributed by atoms with E-state index in [2.05, 4.69) is 36.9 Å². The molecule has 3 aliphatic heterocycles. The SMILES string of the molecule is CCNc1cc(N2CCC[C@@H](CCC(=O)N3CCC[C@@H](CN4CCCC4)C3)C2)ncn1. The zero-order valence-corrected chi connectivity index (χ0v) is 19.3. The van der Waals surface area contributed by atoms with Crippen molar-refractivity contribution < 1.29 is 4.79 Å². The van der Waals surface area contributed by atoms with Crippen molar-refractivity contribution in [3.63, 3.8) is 0 Å². The van der Waals surface area contributed by atoms with Crippen LogP contribution in [0.2, 0.25) is 0 Å². The molecule has 7 nitrogen and oxygen atoms in total. The number of amides is 1. The van der Waals surface area contributed by atoms with Gasteiger partial charge in [-0.1, -0.05) is 0 Å². The molecule has 1 aromatic heterocycles. The first-order chi connectivity index (χ1) is 15.2. The van der Waals surface area contributed by atoms with Crippen molar-refractivity contribution in [2.75, 3.05) is 62.6 Å². The fourth-order valence-electron chi connectivity index (χ4n) is 5.56. The second kappa shape index (κ2) is 11.1. The Morgan fingerprint density at radius 1 is 1.03 bits per heavy atom. The number of hydrogen-bond acceptors (Lipinski definition) is 6. The predicted molar refractivity (Wildman–Crippen MR) is 125 cm³/mol. The van der Waals surface area contributed by atoms with Crippen molar-refractivity contribution >= 4 is 17.5 Å². The zero-order chi connectivity index (χ0) is 21.5. The van der Waals surface area contributed by atoms with E-state index in [0.29, 0.717) is 24.2 Å². The van der Waals surface area contributed by atoms with E-state index in [1.54, 1.807) is 6.33 Å². The van der Waals surface area contributed by atoms with Crippen LogP contribution in [0.3, 0.4) is 0 Å². The molecule has 0 saturated carbocycles. The van der Waals surface area contributed by atoms with E-state index in [0.717, 1.165) is 50.8 Å². The van der Waals surface area contributed by atoms with Crippen LogP contribution < -0.4 is 10.2 Å². The van der Waals surface area contributed by atoms with Gasteiger partial charge in [-0.15, -0.1) is 0 Å². The fraction of sp³-hybridized carbons (Fsp3) is 0.792. The third-order valence-corrected chi connectivity index (χ3v) is 7.21. The van der Waals surface area contributed by atoms with Crippen LogP contribution in [0.15, 0.2) is 12.4 Å². The second-order valence-electron chi connectivity index (χ2n) is 9.64. The number of nitrogens with zero attached hydrogens (tertiary/aromatic N) is 5. The molecule has 31 heavy (non-hydrogen) atoms. The van der Waals surface area contributed by atoms with Crippen LogP contribution in [0, 0.1) is 11.8 Å². The molecule has 4 heterocycles. The van der Waals surface area contributed by atoms with Gasteiger partial charge in [-0.3, -0.25) is 4.79 Å². The zero-order valence-electron chi connectivity index (χ0n) is 19.3. The molecule has 3 fully saturated rings. The summed E-state index contributed by atoms with van der Waals surface area (Å²) in [6, 6.07) is 2.05. The number of likely N-dealkylation sites (tertiary alicyclic amines) is 2. The van der Waals surface area contributed by atoms with Crippen LogP contribution in [0.1, 0.15) is 58.3 Å². The summed E-state index contributed by atoms with van der Waals surface area (Å²) in [4.78, 5) is 28.9. The maximum atomic E-state index is 13.0. The van der Waals surface area contributed by atoms with Crippen molar-refractivity contribution in [2.24, 2.45) is 11.8 Å². The highest BCUT2D eigenvalue weighted by Gasteiger charge is 2.27. The molecule has 7 heteroatoms. The minimum Gasteiger partial charge on any atom is -0.370 e. The Morgan fingerprint density at radius 2 is 1.84 bits per heavy atom. The van der Waals surface area contributed by atoms with Gasteiger partial charge >= 0.3 is 0 Å². The van der Waals surface area contributed by atoms with Gasteiger partial charge in [-0.2, -0.15) is 0 Å². The lowest BCUT2D eigenvalue weighted by Crippen LogP contribution is -2.43. The molecule has 172 valence electrons. The predicted octanol–water partition coefficient (Wildman–Crippen LogP) is 3.24. The van der Waals surface area contributed by atoms with E-state index in [4.69, 9.17) is 0 Å². The summed E-state index contributed by atoms with van der Waals surface area (Å²) in [5.41, 5.74) is 0. The molecule has 4 rings (SSSR count). The summed E-state index contributed by atoms with van der Waals surface area (Å²) in [5, 5.41) is 3.27. The summed E-state index contributed by atoms with van der Waals surface area (Å²) < 4.78 is 0. The molecule has 3 aliphatic rings. The topological polar surface area (TPSA) is 64.6 Å². The first-order valence-electron chi connectivity index (χ1n) is 12.5. The Bertz CT molecular complexity index is 707. The Hall–Kier alpha value is -1.89. The third kappa shape index (κ3) is 6.31. The molecule has 2 atom stereocenters. The first-order valence-corrected chi connectivity index (χ1v) is 12.5. The number of rotatable bonds is 8. The smallest absolute Gasteiger partial charge is 0.222 e. The van der Waals surface area contributed by atoms with Gasteiger partial charge in [0.15, 0.2) is 0 Å². The van der Waals surface area contributed by atoms with Crippen molar-refractivity contribution in [1.82, 2.24) is 19.8 Å². The molecule has 0 unspecified atom stereocenters. The highest BCUT2D eigenvalue weighted by molar-refractivity contribution is 5.76. The molecule has 1 amide bonds. The van der Waals surface area contributed by atoms with Gasteiger partial charge in [0.25, 0.3) is 0 Å². The maximum Gasteiger partial charge on any atom is 0.222 e. The van der Waals surface area contributed by atoms with Crippen LogP contribution in [0.25, 0.3) is 0 Å². The minimum absolute atomic E-state index is 0.375. The molecule has 1 N–H and O–H groups in total. The highest BCUT2D eigenvalue weighted by atomic mass is 16.2. The molecular formula is C24H40N6O. The van der Waals surface area contributed by atoms with Crippen molar-refractivity contribution in [2.45, 2.75) is 58.3 Å². The molecule has 3 saturated heterocycles.